The highest BCUT2D eigenvalue weighted by molar-refractivity contribution is 6.47. The standard InChI is InChI=1S/C22H37BO4/c1-14(2)16(13-23-26-20(5,6)21(7,8)27-23)18(24)25-17-12-15-10-11-22(17,9)19(15,3)4/h15,17H,10-13H2,1-9H3/t15-,17+,22+/m0/s1. The number of fused-ring (bicyclic) bond motifs is 2. The van der Waals surface area contributed by atoms with Crippen LogP contribution in [0.25, 0.3) is 0 Å². The van der Waals surface area contributed by atoms with Crippen LogP contribution in [0.1, 0.15) is 81.6 Å². The predicted molar refractivity (Wildman–Crippen MR) is 108 cm³/mol. The topological polar surface area (TPSA) is 44.8 Å². The summed E-state index contributed by atoms with van der Waals surface area (Å²) in [7, 11) is -0.417. The van der Waals surface area contributed by atoms with E-state index >= 15 is 0 Å². The molecule has 0 amide bonds. The molecule has 27 heavy (non-hydrogen) atoms. The van der Waals surface area contributed by atoms with Crippen molar-refractivity contribution in [2.45, 2.75) is 105 Å². The van der Waals surface area contributed by atoms with Gasteiger partial charge >= 0.3 is 13.1 Å². The van der Waals surface area contributed by atoms with Gasteiger partial charge in [-0.25, -0.2) is 4.79 Å². The molecule has 2 aliphatic carbocycles. The fourth-order valence-electron chi connectivity index (χ4n) is 5.22. The molecule has 0 aromatic carbocycles. The molecule has 0 spiro atoms. The Morgan fingerprint density at radius 3 is 2.00 bits per heavy atom. The Morgan fingerprint density at radius 2 is 1.59 bits per heavy atom. The highest BCUT2D eigenvalue weighted by Gasteiger charge is 2.63. The Bertz CT molecular complexity index is 643. The third-order valence-electron chi connectivity index (χ3n) is 8.49. The lowest BCUT2D eigenvalue weighted by molar-refractivity contribution is -0.152. The number of ether oxygens (including phenoxy) is 1. The van der Waals surface area contributed by atoms with Gasteiger partial charge in [-0.15, -0.1) is 0 Å². The Hall–Kier alpha value is -0.805. The molecule has 0 radical (unpaired) electrons. The first-order valence-electron chi connectivity index (χ1n) is 10.4. The Labute approximate surface area is 165 Å². The van der Waals surface area contributed by atoms with Crippen molar-refractivity contribution in [3.63, 3.8) is 0 Å². The van der Waals surface area contributed by atoms with Crippen molar-refractivity contribution in [2.75, 3.05) is 0 Å². The summed E-state index contributed by atoms with van der Waals surface area (Å²) in [6.07, 6.45) is 3.82. The lowest BCUT2D eigenvalue weighted by atomic mass is 9.70. The second-order valence-electron chi connectivity index (χ2n) is 10.9. The Balaban J connectivity index is 1.71. The van der Waals surface area contributed by atoms with Gasteiger partial charge < -0.3 is 14.0 Å². The second-order valence-corrected chi connectivity index (χ2v) is 10.9. The molecule has 2 bridgehead atoms. The molecule has 0 aromatic rings. The smallest absolute Gasteiger partial charge is 0.458 e. The summed E-state index contributed by atoms with van der Waals surface area (Å²) in [5, 5.41) is 0. The van der Waals surface area contributed by atoms with Gasteiger partial charge in [0.15, 0.2) is 0 Å². The van der Waals surface area contributed by atoms with E-state index in [1.807, 2.05) is 41.5 Å². The summed E-state index contributed by atoms with van der Waals surface area (Å²) in [5.41, 5.74) is 1.19. The molecule has 0 unspecified atom stereocenters. The van der Waals surface area contributed by atoms with E-state index < -0.39 is 18.3 Å². The molecule has 152 valence electrons. The SMILES string of the molecule is CC(C)=C(CB1OC(C)(C)C(C)(C)O1)C(=O)O[C@@H]1C[C@@H]2CC[C@@]1(C)C2(C)C. The van der Waals surface area contributed by atoms with Crippen molar-refractivity contribution in [1.82, 2.24) is 0 Å². The van der Waals surface area contributed by atoms with Crippen LogP contribution < -0.4 is 0 Å². The molecule has 2 saturated carbocycles. The van der Waals surface area contributed by atoms with Crippen LogP contribution in [0, 0.1) is 16.7 Å². The van der Waals surface area contributed by atoms with Gasteiger partial charge in [0.25, 0.3) is 0 Å². The molecule has 5 heteroatoms. The monoisotopic (exact) mass is 376 g/mol. The average molecular weight is 376 g/mol. The van der Waals surface area contributed by atoms with Crippen molar-refractivity contribution in [3.05, 3.63) is 11.1 Å². The Morgan fingerprint density at radius 1 is 1.04 bits per heavy atom. The number of hydrogen-bond donors (Lipinski definition) is 0. The van der Waals surface area contributed by atoms with Crippen LogP contribution >= 0.6 is 0 Å². The summed E-state index contributed by atoms with van der Waals surface area (Å²) < 4.78 is 18.3. The second kappa shape index (κ2) is 6.35. The summed E-state index contributed by atoms with van der Waals surface area (Å²) >= 11 is 0. The summed E-state index contributed by atoms with van der Waals surface area (Å²) in [6.45, 7) is 19.0. The van der Waals surface area contributed by atoms with E-state index in [0.717, 1.165) is 18.4 Å². The zero-order valence-corrected chi connectivity index (χ0v) is 18.7. The molecule has 3 fully saturated rings. The third-order valence-corrected chi connectivity index (χ3v) is 8.49. The molecular formula is C22H37BO4. The lowest BCUT2D eigenvalue weighted by Crippen LogP contribution is -2.41. The van der Waals surface area contributed by atoms with Gasteiger partial charge in [-0.05, 0) is 72.1 Å². The largest absolute Gasteiger partial charge is 0.462 e. The highest BCUT2D eigenvalue weighted by atomic mass is 16.7. The van der Waals surface area contributed by atoms with Gasteiger partial charge in [0.2, 0.25) is 0 Å². The van der Waals surface area contributed by atoms with Crippen LogP contribution in [0.5, 0.6) is 0 Å². The molecule has 3 rings (SSSR count). The van der Waals surface area contributed by atoms with E-state index in [0.29, 0.717) is 17.8 Å². The van der Waals surface area contributed by atoms with Crippen LogP contribution in [0.2, 0.25) is 6.32 Å². The maximum Gasteiger partial charge on any atom is 0.462 e. The van der Waals surface area contributed by atoms with Crippen LogP contribution in [0.4, 0.5) is 0 Å². The van der Waals surface area contributed by atoms with E-state index in [2.05, 4.69) is 20.8 Å². The number of carbonyl (C=O) groups excluding carboxylic acids is 1. The maximum absolute atomic E-state index is 13.1. The minimum atomic E-state index is -0.417. The van der Waals surface area contributed by atoms with Crippen LogP contribution in [-0.2, 0) is 18.8 Å². The number of allylic oxidation sites excluding steroid dienone is 1. The van der Waals surface area contributed by atoms with Gasteiger partial charge in [-0.1, -0.05) is 26.3 Å². The van der Waals surface area contributed by atoms with Crippen molar-refractivity contribution in [1.29, 1.82) is 0 Å². The molecule has 0 N–H and O–H groups in total. The molecule has 3 atom stereocenters. The molecule has 3 aliphatic rings. The maximum atomic E-state index is 13.1. The average Bonchev–Trinajstić information content (AvgIpc) is 2.94. The molecule has 1 heterocycles. The zero-order chi connectivity index (χ0) is 20.4. The molecule has 4 nitrogen and oxygen atoms in total. The van der Waals surface area contributed by atoms with E-state index in [1.165, 1.54) is 6.42 Å². The van der Waals surface area contributed by atoms with E-state index in [1.54, 1.807) is 0 Å². The fourth-order valence-corrected chi connectivity index (χ4v) is 5.22. The molecule has 0 aromatic heterocycles. The van der Waals surface area contributed by atoms with Gasteiger partial charge in [0.1, 0.15) is 6.10 Å². The summed E-state index contributed by atoms with van der Waals surface area (Å²) in [6, 6.07) is 0. The van der Waals surface area contributed by atoms with Crippen molar-refractivity contribution in [3.8, 4) is 0 Å². The molecular weight excluding hydrogens is 339 g/mol. The van der Waals surface area contributed by atoms with Crippen LogP contribution in [0.3, 0.4) is 0 Å². The van der Waals surface area contributed by atoms with Crippen LogP contribution in [-0.4, -0.2) is 30.4 Å². The summed E-state index contributed by atoms with van der Waals surface area (Å²) in [5.74, 6) is 0.456. The zero-order valence-electron chi connectivity index (χ0n) is 18.7. The van der Waals surface area contributed by atoms with Gasteiger partial charge in [0, 0.05) is 17.3 Å². The van der Waals surface area contributed by atoms with Crippen LogP contribution in [0.15, 0.2) is 11.1 Å². The first-order valence-corrected chi connectivity index (χ1v) is 10.4. The molecule has 1 aliphatic heterocycles. The van der Waals surface area contributed by atoms with Gasteiger partial charge in [-0.2, -0.15) is 0 Å². The third kappa shape index (κ3) is 3.19. The minimum absolute atomic E-state index is 0.00592. The van der Waals surface area contributed by atoms with E-state index in [-0.39, 0.29) is 22.9 Å². The normalized spacial score (nSPS) is 35.4. The number of carbonyl (C=O) groups is 1. The first-order chi connectivity index (χ1) is 12.2. The minimum Gasteiger partial charge on any atom is -0.458 e. The Kier molecular flexibility index (Phi) is 4.92. The quantitative estimate of drug-likeness (QED) is 0.386. The number of rotatable bonds is 4. The number of hydrogen-bond acceptors (Lipinski definition) is 4. The van der Waals surface area contributed by atoms with Crippen molar-refractivity contribution in [2.24, 2.45) is 16.7 Å². The van der Waals surface area contributed by atoms with Gasteiger partial charge in [0.05, 0.1) is 11.2 Å². The van der Waals surface area contributed by atoms with Crippen molar-refractivity contribution < 1.29 is 18.8 Å². The lowest BCUT2D eigenvalue weighted by Gasteiger charge is -2.38. The van der Waals surface area contributed by atoms with Gasteiger partial charge in [-0.3, -0.25) is 0 Å². The van der Waals surface area contributed by atoms with E-state index in [4.69, 9.17) is 14.0 Å². The highest BCUT2D eigenvalue weighted by Crippen LogP contribution is 2.66. The predicted octanol–water partition coefficient (Wildman–Crippen LogP) is 5.17. The van der Waals surface area contributed by atoms with E-state index in [9.17, 15) is 4.79 Å². The summed E-state index contributed by atoms with van der Waals surface area (Å²) in [4.78, 5) is 13.1. The molecule has 1 saturated heterocycles. The fraction of sp³-hybridized carbons (Fsp3) is 0.864. The van der Waals surface area contributed by atoms with Crippen molar-refractivity contribution >= 4 is 13.1 Å². The first kappa shape index (κ1) is 20.9. The number of esters is 1.